The molecule has 1 nitrogen and oxygen atoms in total. The molecule has 1 unspecified atom stereocenters. The maximum absolute atomic E-state index is 2.57. The lowest BCUT2D eigenvalue weighted by atomic mass is 10.1. The predicted molar refractivity (Wildman–Crippen MR) is 40.0 cm³/mol. The Kier molecular flexibility index (Phi) is 2.08. The van der Waals surface area contributed by atoms with E-state index in [9.17, 15) is 0 Å². The molecule has 0 N–H and O–H groups in total. The van der Waals surface area contributed by atoms with Gasteiger partial charge in [0.15, 0.2) is 0 Å². The van der Waals surface area contributed by atoms with Crippen molar-refractivity contribution in [3.05, 3.63) is 0 Å². The summed E-state index contributed by atoms with van der Waals surface area (Å²) in [5.41, 5.74) is 0. The van der Waals surface area contributed by atoms with Crippen LogP contribution in [0.2, 0.25) is 0 Å². The molecule has 48 valence electrons. The highest BCUT2D eigenvalue weighted by atomic mass is 28.2. The van der Waals surface area contributed by atoms with Crippen molar-refractivity contribution in [3.8, 4) is 0 Å². The Bertz CT molecular complexity index is 64.9. The molecule has 0 aromatic carbocycles. The van der Waals surface area contributed by atoms with Gasteiger partial charge in [0.1, 0.15) is 0 Å². The minimum Gasteiger partial charge on any atom is -0.330 e. The lowest BCUT2D eigenvalue weighted by Crippen LogP contribution is -2.34. The van der Waals surface area contributed by atoms with Crippen LogP contribution in [0.3, 0.4) is 0 Å². The second-order valence-electron chi connectivity index (χ2n) is 2.83. The van der Waals surface area contributed by atoms with Gasteiger partial charge in [-0.1, -0.05) is 13.3 Å². The number of hydrogen-bond donors (Lipinski definition) is 0. The summed E-state index contributed by atoms with van der Waals surface area (Å²) in [6.45, 7) is 3.71. The maximum Gasteiger partial charge on any atom is 0.0787 e. The highest BCUT2D eigenvalue weighted by molar-refractivity contribution is 6.04. The van der Waals surface area contributed by atoms with Crippen molar-refractivity contribution in [2.75, 3.05) is 6.54 Å². The van der Waals surface area contributed by atoms with Gasteiger partial charge in [0.05, 0.1) is 10.4 Å². The second-order valence-corrected chi connectivity index (χ2v) is 3.97. The van der Waals surface area contributed by atoms with Crippen molar-refractivity contribution in [3.63, 3.8) is 0 Å². The number of hydrogen-bond acceptors (Lipinski definition) is 1. The summed E-state index contributed by atoms with van der Waals surface area (Å²) >= 11 is 0. The molecule has 1 aliphatic heterocycles. The van der Waals surface area contributed by atoms with E-state index < -0.39 is 0 Å². The normalized spacial score (nSPS) is 33.4. The van der Waals surface area contributed by atoms with Crippen LogP contribution in [-0.2, 0) is 0 Å². The van der Waals surface area contributed by atoms with Crippen molar-refractivity contribution in [1.82, 2.24) is 4.57 Å². The zero-order valence-corrected chi connectivity index (χ0v) is 7.85. The lowest BCUT2D eigenvalue weighted by Gasteiger charge is -2.29. The van der Waals surface area contributed by atoms with E-state index in [1.165, 1.54) is 36.2 Å². The molecular weight excluding hydrogens is 114 g/mol. The molecule has 1 aliphatic rings. The SMILES string of the molecule is CC1CCCCN1[SiH3]. The smallest absolute Gasteiger partial charge is 0.0787 e. The Balaban J connectivity index is 2.28. The summed E-state index contributed by atoms with van der Waals surface area (Å²) < 4.78 is 2.57. The monoisotopic (exact) mass is 129 g/mol. The third-order valence-electron chi connectivity index (χ3n) is 2.14. The van der Waals surface area contributed by atoms with Crippen LogP contribution < -0.4 is 0 Å². The third kappa shape index (κ3) is 1.33. The topological polar surface area (TPSA) is 3.24 Å². The third-order valence-corrected chi connectivity index (χ3v) is 3.46. The van der Waals surface area contributed by atoms with E-state index in [1.54, 1.807) is 0 Å². The summed E-state index contributed by atoms with van der Waals surface area (Å²) in [7, 11) is 1.27. The Hall–Kier alpha value is 0.177. The van der Waals surface area contributed by atoms with Crippen molar-refractivity contribution >= 4 is 10.4 Å². The van der Waals surface area contributed by atoms with Crippen LogP contribution >= 0.6 is 0 Å². The van der Waals surface area contributed by atoms with Crippen molar-refractivity contribution in [2.45, 2.75) is 32.2 Å². The van der Waals surface area contributed by atoms with Gasteiger partial charge in [-0.15, -0.1) is 0 Å². The minimum absolute atomic E-state index is 0.899. The van der Waals surface area contributed by atoms with Crippen LogP contribution in [0.1, 0.15) is 26.2 Å². The van der Waals surface area contributed by atoms with Crippen molar-refractivity contribution in [1.29, 1.82) is 0 Å². The first kappa shape index (κ1) is 6.30. The Labute approximate surface area is 54.6 Å². The second kappa shape index (κ2) is 2.64. The number of piperidine rings is 1. The average molecular weight is 129 g/mol. The van der Waals surface area contributed by atoms with Crippen LogP contribution in [0.25, 0.3) is 0 Å². The standard InChI is InChI=1S/C6H15NSi/c1-6-4-2-3-5-7(6)8/h6H,2-5H2,1,8H3. The maximum atomic E-state index is 2.57. The van der Waals surface area contributed by atoms with E-state index in [4.69, 9.17) is 0 Å². The zero-order valence-electron chi connectivity index (χ0n) is 5.85. The highest BCUT2D eigenvalue weighted by Crippen LogP contribution is 2.12. The summed E-state index contributed by atoms with van der Waals surface area (Å²) in [4.78, 5) is 0. The molecule has 1 fully saturated rings. The number of rotatable bonds is 0. The predicted octanol–water partition coefficient (Wildman–Crippen LogP) is 0.141. The zero-order chi connectivity index (χ0) is 5.98. The molecule has 0 aromatic heterocycles. The highest BCUT2D eigenvalue weighted by Gasteiger charge is 2.11. The first-order valence-corrected chi connectivity index (χ1v) is 4.40. The molecule has 0 aromatic rings. The van der Waals surface area contributed by atoms with Gasteiger partial charge in [0, 0.05) is 0 Å². The van der Waals surface area contributed by atoms with E-state index in [-0.39, 0.29) is 0 Å². The van der Waals surface area contributed by atoms with Gasteiger partial charge in [-0.05, 0) is 25.4 Å². The Morgan fingerprint density at radius 1 is 1.50 bits per heavy atom. The molecule has 1 heterocycles. The molecule has 2 heteroatoms. The summed E-state index contributed by atoms with van der Waals surface area (Å²) in [6, 6.07) is 0.899. The van der Waals surface area contributed by atoms with Crippen LogP contribution in [0, 0.1) is 0 Å². The molecule has 0 radical (unpaired) electrons. The molecule has 0 aliphatic carbocycles. The molecule has 0 saturated carbocycles. The van der Waals surface area contributed by atoms with E-state index in [1.807, 2.05) is 0 Å². The molecule has 8 heavy (non-hydrogen) atoms. The van der Waals surface area contributed by atoms with Gasteiger partial charge in [-0.25, -0.2) is 0 Å². The van der Waals surface area contributed by atoms with Gasteiger partial charge < -0.3 is 4.57 Å². The van der Waals surface area contributed by atoms with Crippen molar-refractivity contribution < 1.29 is 0 Å². The average Bonchev–Trinajstić information content (AvgIpc) is 1.77. The van der Waals surface area contributed by atoms with Gasteiger partial charge >= 0.3 is 0 Å². The summed E-state index contributed by atoms with van der Waals surface area (Å²) in [6.07, 6.45) is 4.33. The summed E-state index contributed by atoms with van der Waals surface area (Å²) in [5.74, 6) is 0. The molecule has 1 rings (SSSR count). The van der Waals surface area contributed by atoms with Crippen LogP contribution in [0.15, 0.2) is 0 Å². The first-order valence-electron chi connectivity index (χ1n) is 3.51. The largest absolute Gasteiger partial charge is 0.330 e. The first-order chi connectivity index (χ1) is 3.80. The molecular formula is C6H15NSi. The van der Waals surface area contributed by atoms with Gasteiger partial charge in [-0.2, -0.15) is 0 Å². The fraction of sp³-hybridized carbons (Fsp3) is 1.00. The van der Waals surface area contributed by atoms with Gasteiger partial charge in [-0.3, -0.25) is 0 Å². The molecule has 1 saturated heterocycles. The van der Waals surface area contributed by atoms with Crippen molar-refractivity contribution in [2.24, 2.45) is 0 Å². The minimum atomic E-state index is 0.899. The molecule has 0 bridgehead atoms. The quantitative estimate of drug-likeness (QED) is 0.421. The Morgan fingerprint density at radius 2 is 2.25 bits per heavy atom. The van der Waals surface area contributed by atoms with Gasteiger partial charge in [0.2, 0.25) is 0 Å². The summed E-state index contributed by atoms with van der Waals surface area (Å²) in [5, 5.41) is 0. The fourth-order valence-corrected chi connectivity index (χ4v) is 1.82. The van der Waals surface area contributed by atoms with E-state index >= 15 is 0 Å². The van der Waals surface area contributed by atoms with Crippen LogP contribution in [0.5, 0.6) is 0 Å². The van der Waals surface area contributed by atoms with Gasteiger partial charge in [0.25, 0.3) is 0 Å². The van der Waals surface area contributed by atoms with Crippen LogP contribution in [-0.4, -0.2) is 27.6 Å². The Morgan fingerprint density at radius 3 is 2.62 bits per heavy atom. The molecule has 1 atom stereocenters. The number of nitrogens with zero attached hydrogens (tertiary/aromatic N) is 1. The van der Waals surface area contributed by atoms with E-state index in [2.05, 4.69) is 11.5 Å². The fourth-order valence-electron chi connectivity index (χ4n) is 1.24. The van der Waals surface area contributed by atoms with E-state index in [0.717, 1.165) is 6.04 Å². The van der Waals surface area contributed by atoms with E-state index in [0.29, 0.717) is 0 Å². The molecule has 0 amide bonds. The lowest BCUT2D eigenvalue weighted by molar-refractivity contribution is 0.280. The van der Waals surface area contributed by atoms with Crippen LogP contribution in [0.4, 0.5) is 0 Å². The molecule has 0 spiro atoms.